The van der Waals surface area contributed by atoms with Crippen LogP contribution in [0.25, 0.3) is 10.9 Å². The van der Waals surface area contributed by atoms with E-state index in [0.29, 0.717) is 6.04 Å². The van der Waals surface area contributed by atoms with E-state index in [0.717, 1.165) is 26.1 Å². The molecule has 0 saturated heterocycles. The van der Waals surface area contributed by atoms with Crippen LogP contribution in [0.15, 0.2) is 30.5 Å². The number of rotatable bonds is 8. The Morgan fingerprint density at radius 3 is 2.65 bits per heavy atom. The van der Waals surface area contributed by atoms with Gasteiger partial charge in [-0.1, -0.05) is 11.6 Å². The highest BCUT2D eigenvalue weighted by atomic mass is 35.5. The molecule has 4 heteroatoms. The van der Waals surface area contributed by atoms with Gasteiger partial charge in [-0.15, -0.1) is 0 Å². The lowest BCUT2D eigenvalue weighted by molar-refractivity contribution is -0.906. The zero-order chi connectivity index (χ0) is 16.9. The van der Waals surface area contributed by atoms with Crippen molar-refractivity contribution in [3.63, 3.8) is 0 Å². The predicted octanol–water partition coefficient (Wildman–Crippen LogP) is 4.96. The van der Waals surface area contributed by atoms with Crippen molar-refractivity contribution < 1.29 is 4.48 Å². The van der Waals surface area contributed by atoms with E-state index in [1.807, 2.05) is 30.5 Å². The van der Waals surface area contributed by atoms with Crippen LogP contribution in [-0.4, -0.2) is 42.2 Å². The average molecular weight is 335 g/mol. The molecule has 1 aromatic heterocycles. The SMILES string of the molecule is CC[N+](C)(CC)CCC[C@@H](C)Nc1ccnc2cc(Cl)ccc12. The number of quaternary nitrogens is 1. The Morgan fingerprint density at radius 2 is 1.96 bits per heavy atom. The van der Waals surface area contributed by atoms with Gasteiger partial charge in [0.1, 0.15) is 0 Å². The van der Waals surface area contributed by atoms with E-state index >= 15 is 0 Å². The molecule has 0 aliphatic carbocycles. The Morgan fingerprint density at radius 1 is 1.22 bits per heavy atom. The summed E-state index contributed by atoms with van der Waals surface area (Å²) in [6.45, 7) is 10.5. The van der Waals surface area contributed by atoms with Crippen LogP contribution in [0.4, 0.5) is 5.69 Å². The van der Waals surface area contributed by atoms with Crippen LogP contribution in [-0.2, 0) is 0 Å². The molecule has 0 radical (unpaired) electrons. The van der Waals surface area contributed by atoms with Crippen LogP contribution in [0.3, 0.4) is 0 Å². The van der Waals surface area contributed by atoms with E-state index in [9.17, 15) is 0 Å². The van der Waals surface area contributed by atoms with Crippen molar-refractivity contribution in [2.24, 2.45) is 0 Å². The van der Waals surface area contributed by atoms with Crippen LogP contribution in [0.1, 0.15) is 33.6 Å². The van der Waals surface area contributed by atoms with Crippen molar-refractivity contribution in [1.29, 1.82) is 0 Å². The van der Waals surface area contributed by atoms with E-state index in [1.54, 1.807) is 0 Å². The maximum absolute atomic E-state index is 6.05. The molecular formula is C19H29ClN3+. The molecule has 1 N–H and O–H groups in total. The van der Waals surface area contributed by atoms with Crippen molar-refractivity contribution >= 4 is 28.2 Å². The zero-order valence-corrected chi connectivity index (χ0v) is 15.5. The number of halogens is 1. The minimum Gasteiger partial charge on any atom is -0.382 e. The molecule has 2 aromatic rings. The Hall–Kier alpha value is -1.32. The Bertz CT molecular complexity index is 638. The lowest BCUT2D eigenvalue weighted by Crippen LogP contribution is -2.44. The fourth-order valence-corrected chi connectivity index (χ4v) is 3.07. The summed E-state index contributed by atoms with van der Waals surface area (Å²) in [6.07, 6.45) is 4.25. The van der Waals surface area contributed by atoms with Gasteiger partial charge >= 0.3 is 0 Å². The standard InChI is InChI=1S/C19H29ClN3/c1-5-23(4,6-2)13-7-8-15(3)22-18-11-12-21-19-14-16(20)9-10-17(18)19/h9-12,14-15H,5-8,13H2,1-4H3,(H,21,22)/q+1/t15-/m1/s1. The largest absolute Gasteiger partial charge is 0.382 e. The molecule has 0 aliphatic rings. The molecule has 126 valence electrons. The van der Waals surface area contributed by atoms with Gasteiger partial charge in [-0.3, -0.25) is 4.98 Å². The summed E-state index contributed by atoms with van der Waals surface area (Å²) in [4.78, 5) is 4.40. The van der Waals surface area contributed by atoms with Crippen LogP contribution in [0, 0.1) is 0 Å². The van der Waals surface area contributed by atoms with E-state index in [1.165, 1.54) is 32.5 Å². The summed E-state index contributed by atoms with van der Waals surface area (Å²) in [6, 6.07) is 8.37. The number of hydrogen-bond acceptors (Lipinski definition) is 2. The molecule has 0 bridgehead atoms. The minimum absolute atomic E-state index is 0.443. The van der Waals surface area contributed by atoms with Gasteiger partial charge in [0.25, 0.3) is 0 Å². The molecule has 0 fully saturated rings. The van der Waals surface area contributed by atoms with Gasteiger partial charge in [0.05, 0.1) is 32.2 Å². The number of aromatic nitrogens is 1. The summed E-state index contributed by atoms with van der Waals surface area (Å²) in [5.74, 6) is 0. The maximum atomic E-state index is 6.05. The highest BCUT2D eigenvalue weighted by Gasteiger charge is 2.16. The summed E-state index contributed by atoms with van der Waals surface area (Å²) in [5.41, 5.74) is 2.08. The van der Waals surface area contributed by atoms with Crippen molar-refractivity contribution in [1.82, 2.24) is 4.98 Å². The molecule has 1 heterocycles. The topological polar surface area (TPSA) is 24.9 Å². The lowest BCUT2D eigenvalue weighted by Gasteiger charge is -2.32. The first kappa shape index (κ1) is 18.0. The molecule has 0 amide bonds. The van der Waals surface area contributed by atoms with Gasteiger partial charge in [-0.05, 0) is 57.9 Å². The maximum Gasteiger partial charge on any atom is 0.0785 e. The van der Waals surface area contributed by atoms with Crippen molar-refractivity contribution in [3.05, 3.63) is 35.5 Å². The summed E-state index contributed by atoms with van der Waals surface area (Å²) in [7, 11) is 2.35. The number of benzene rings is 1. The molecule has 0 saturated carbocycles. The zero-order valence-electron chi connectivity index (χ0n) is 14.8. The molecular weight excluding hydrogens is 306 g/mol. The van der Waals surface area contributed by atoms with Gasteiger partial charge in [0.15, 0.2) is 0 Å². The third-order valence-corrected chi connectivity index (χ3v) is 5.20. The van der Waals surface area contributed by atoms with Crippen molar-refractivity contribution in [2.75, 3.05) is 32.0 Å². The number of nitrogens with one attached hydrogen (secondary N) is 1. The molecule has 0 aliphatic heterocycles. The highest BCUT2D eigenvalue weighted by molar-refractivity contribution is 6.31. The third-order valence-electron chi connectivity index (χ3n) is 4.97. The monoisotopic (exact) mass is 334 g/mol. The highest BCUT2D eigenvalue weighted by Crippen LogP contribution is 2.25. The molecule has 23 heavy (non-hydrogen) atoms. The van der Waals surface area contributed by atoms with E-state index < -0.39 is 0 Å². The minimum atomic E-state index is 0.443. The Labute approximate surface area is 145 Å². The second kappa shape index (κ2) is 7.98. The third kappa shape index (κ3) is 4.82. The smallest absolute Gasteiger partial charge is 0.0785 e. The van der Waals surface area contributed by atoms with Gasteiger partial charge in [0.2, 0.25) is 0 Å². The summed E-state index contributed by atoms with van der Waals surface area (Å²) < 4.78 is 1.16. The predicted molar refractivity (Wildman–Crippen MR) is 101 cm³/mol. The van der Waals surface area contributed by atoms with Crippen LogP contribution in [0.5, 0.6) is 0 Å². The summed E-state index contributed by atoms with van der Waals surface area (Å²) >= 11 is 6.05. The quantitative estimate of drug-likeness (QED) is 0.690. The van der Waals surface area contributed by atoms with Gasteiger partial charge in [0, 0.05) is 28.3 Å². The van der Waals surface area contributed by atoms with Gasteiger partial charge < -0.3 is 9.80 Å². The molecule has 3 nitrogen and oxygen atoms in total. The first-order valence-corrected chi connectivity index (χ1v) is 8.99. The fourth-order valence-electron chi connectivity index (χ4n) is 2.90. The number of hydrogen-bond donors (Lipinski definition) is 1. The second-order valence-electron chi connectivity index (χ2n) is 6.68. The summed E-state index contributed by atoms with van der Waals surface area (Å²) in [5, 5.41) is 5.50. The number of pyridine rings is 1. The second-order valence-corrected chi connectivity index (χ2v) is 7.12. The first-order chi connectivity index (χ1) is 11.0. The Kier molecular flexibility index (Phi) is 6.25. The van der Waals surface area contributed by atoms with Crippen LogP contribution >= 0.6 is 11.6 Å². The lowest BCUT2D eigenvalue weighted by atomic mass is 10.1. The van der Waals surface area contributed by atoms with Gasteiger partial charge in [-0.25, -0.2) is 0 Å². The Balaban J connectivity index is 1.97. The van der Waals surface area contributed by atoms with Crippen molar-refractivity contribution in [2.45, 2.75) is 39.7 Å². The number of fused-ring (bicyclic) bond motifs is 1. The molecule has 1 aromatic carbocycles. The average Bonchev–Trinajstić information content (AvgIpc) is 2.54. The van der Waals surface area contributed by atoms with E-state index in [4.69, 9.17) is 11.6 Å². The van der Waals surface area contributed by atoms with E-state index in [2.05, 4.69) is 38.1 Å². The molecule has 0 spiro atoms. The first-order valence-electron chi connectivity index (χ1n) is 8.62. The van der Waals surface area contributed by atoms with Crippen molar-refractivity contribution in [3.8, 4) is 0 Å². The van der Waals surface area contributed by atoms with E-state index in [-0.39, 0.29) is 0 Å². The molecule has 2 rings (SSSR count). The van der Waals surface area contributed by atoms with Crippen LogP contribution in [0.2, 0.25) is 5.02 Å². The number of nitrogens with zero attached hydrogens (tertiary/aromatic N) is 2. The number of anilines is 1. The fraction of sp³-hybridized carbons (Fsp3) is 0.526. The van der Waals surface area contributed by atoms with Gasteiger partial charge in [-0.2, -0.15) is 0 Å². The van der Waals surface area contributed by atoms with Crippen LogP contribution < -0.4 is 5.32 Å². The molecule has 1 atom stereocenters. The molecule has 0 unspecified atom stereocenters. The normalized spacial score (nSPS) is 13.3.